The van der Waals surface area contributed by atoms with Crippen molar-refractivity contribution in [2.45, 2.75) is 58.4 Å². The number of hydrogen-bond acceptors (Lipinski definition) is 1. The molecule has 1 rings (SSSR count). The maximum absolute atomic E-state index is 5.78. The molecule has 90 valence electrons. The Labute approximate surface area is 100 Å². The fraction of sp³-hybridized carbons (Fsp3) is 0.600. The molecule has 0 aromatic heterocycles. The first-order valence-corrected chi connectivity index (χ1v) is 6.36. The zero-order valence-electron chi connectivity index (χ0n) is 11.0. The van der Waals surface area contributed by atoms with Gasteiger partial charge in [0.15, 0.2) is 0 Å². The average Bonchev–Trinajstić information content (AvgIpc) is 2.26. The number of nitrogens with two attached hydrogens (primary N) is 1. The van der Waals surface area contributed by atoms with Crippen LogP contribution in [-0.4, -0.2) is 6.04 Å². The second-order valence-corrected chi connectivity index (χ2v) is 5.28. The van der Waals surface area contributed by atoms with Crippen molar-refractivity contribution in [3.8, 4) is 0 Å². The molecule has 0 saturated carbocycles. The van der Waals surface area contributed by atoms with Crippen molar-refractivity contribution in [2.75, 3.05) is 0 Å². The summed E-state index contributed by atoms with van der Waals surface area (Å²) in [4.78, 5) is 0. The lowest BCUT2D eigenvalue weighted by Gasteiger charge is -2.14. The quantitative estimate of drug-likeness (QED) is 0.794. The van der Waals surface area contributed by atoms with E-state index in [-0.39, 0.29) is 0 Å². The minimum atomic E-state index is 0.317. The van der Waals surface area contributed by atoms with Gasteiger partial charge in [0.1, 0.15) is 0 Å². The molecule has 1 nitrogen and oxygen atoms in total. The molecule has 0 spiro atoms. The van der Waals surface area contributed by atoms with Crippen molar-refractivity contribution in [2.24, 2.45) is 5.73 Å². The van der Waals surface area contributed by atoms with Crippen LogP contribution in [0, 0.1) is 0 Å². The Morgan fingerprint density at radius 3 is 1.81 bits per heavy atom. The second kappa shape index (κ2) is 6.05. The van der Waals surface area contributed by atoms with Gasteiger partial charge in [-0.1, -0.05) is 45.0 Å². The normalized spacial score (nSPS) is 15.1. The summed E-state index contributed by atoms with van der Waals surface area (Å²) < 4.78 is 0. The Balaban J connectivity index is 2.59. The van der Waals surface area contributed by atoms with Crippen LogP contribution in [-0.2, 0) is 0 Å². The number of rotatable bonds is 5. The van der Waals surface area contributed by atoms with Gasteiger partial charge in [0.05, 0.1) is 0 Å². The Morgan fingerprint density at radius 1 is 0.875 bits per heavy atom. The van der Waals surface area contributed by atoms with Crippen LogP contribution in [0.5, 0.6) is 0 Å². The molecule has 0 heterocycles. The summed E-state index contributed by atoms with van der Waals surface area (Å²) >= 11 is 0. The van der Waals surface area contributed by atoms with E-state index in [1.165, 1.54) is 17.5 Å². The molecule has 0 aliphatic heterocycles. The van der Waals surface area contributed by atoms with E-state index in [2.05, 4.69) is 52.0 Å². The van der Waals surface area contributed by atoms with Crippen LogP contribution in [0.2, 0.25) is 0 Å². The third-order valence-corrected chi connectivity index (χ3v) is 3.23. The highest BCUT2D eigenvalue weighted by atomic mass is 14.6. The highest BCUT2D eigenvalue weighted by Crippen LogP contribution is 2.23. The maximum Gasteiger partial charge on any atom is 0.00106 e. The smallest absolute Gasteiger partial charge is 0.00106 e. The Kier molecular flexibility index (Phi) is 5.01. The molecule has 0 amide bonds. The van der Waals surface area contributed by atoms with Gasteiger partial charge >= 0.3 is 0 Å². The summed E-state index contributed by atoms with van der Waals surface area (Å²) in [6.45, 7) is 8.82. The molecule has 0 fully saturated rings. The standard InChI is InChI=1S/C15H25N/c1-11(2)14-7-9-15(10-8-14)12(3)5-6-13(4)16/h7-13H,5-6,16H2,1-4H3. The second-order valence-electron chi connectivity index (χ2n) is 5.28. The van der Waals surface area contributed by atoms with E-state index in [4.69, 9.17) is 5.73 Å². The summed E-state index contributed by atoms with van der Waals surface area (Å²) in [5.74, 6) is 1.24. The Bertz CT molecular complexity index is 298. The van der Waals surface area contributed by atoms with Crippen molar-refractivity contribution >= 4 is 0 Å². The molecule has 0 bridgehead atoms. The lowest BCUT2D eigenvalue weighted by Crippen LogP contribution is -2.15. The average molecular weight is 219 g/mol. The Morgan fingerprint density at radius 2 is 1.38 bits per heavy atom. The topological polar surface area (TPSA) is 26.0 Å². The molecule has 0 aliphatic rings. The SMILES string of the molecule is CC(N)CCC(C)c1ccc(C(C)C)cc1. The lowest BCUT2D eigenvalue weighted by atomic mass is 9.92. The van der Waals surface area contributed by atoms with Gasteiger partial charge in [-0.3, -0.25) is 0 Å². The van der Waals surface area contributed by atoms with Gasteiger partial charge in [-0.15, -0.1) is 0 Å². The van der Waals surface area contributed by atoms with Crippen LogP contribution in [0.15, 0.2) is 24.3 Å². The summed E-state index contributed by atoms with van der Waals surface area (Å²) in [6, 6.07) is 9.35. The van der Waals surface area contributed by atoms with Gasteiger partial charge < -0.3 is 5.73 Å². The van der Waals surface area contributed by atoms with Crippen LogP contribution >= 0.6 is 0 Å². The van der Waals surface area contributed by atoms with Crippen LogP contribution in [0.1, 0.15) is 63.5 Å². The molecule has 0 saturated heterocycles. The summed E-state index contributed by atoms with van der Waals surface area (Å²) in [7, 11) is 0. The largest absolute Gasteiger partial charge is 0.328 e. The summed E-state index contributed by atoms with van der Waals surface area (Å²) in [6.07, 6.45) is 2.28. The molecular formula is C15H25N. The van der Waals surface area contributed by atoms with Gasteiger partial charge in [-0.25, -0.2) is 0 Å². The predicted octanol–water partition coefficient (Wildman–Crippen LogP) is 4.04. The van der Waals surface area contributed by atoms with E-state index in [1.807, 2.05) is 0 Å². The molecule has 1 aromatic carbocycles. The lowest BCUT2D eigenvalue weighted by molar-refractivity contribution is 0.568. The minimum absolute atomic E-state index is 0.317. The molecule has 2 unspecified atom stereocenters. The van der Waals surface area contributed by atoms with Gasteiger partial charge in [-0.2, -0.15) is 0 Å². The molecule has 16 heavy (non-hydrogen) atoms. The molecule has 2 atom stereocenters. The van der Waals surface area contributed by atoms with Gasteiger partial charge in [0, 0.05) is 6.04 Å². The van der Waals surface area contributed by atoms with E-state index in [0.717, 1.165) is 6.42 Å². The zero-order chi connectivity index (χ0) is 12.1. The van der Waals surface area contributed by atoms with E-state index in [1.54, 1.807) is 0 Å². The molecule has 0 radical (unpaired) electrons. The first kappa shape index (κ1) is 13.2. The predicted molar refractivity (Wildman–Crippen MR) is 71.8 cm³/mol. The van der Waals surface area contributed by atoms with Gasteiger partial charge in [-0.05, 0) is 42.7 Å². The number of benzene rings is 1. The third-order valence-electron chi connectivity index (χ3n) is 3.23. The molecule has 1 aromatic rings. The van der Waals surface area contributed by atoms with Crippen LogP contribution in [0.25, 0.3) is 0 Å². The fourth-order valence-electron chi connectivity index (χ4n) is 1.89. The van der Waals surface area contributed by atoms with E-state index in [0.29, 0.717) is 17.9 Å². The third kappa shape index (κ3) is 3.97. The summed E-state index contributed by atoms with van der Waals surface area (Å²) in [5.41, 5.74) is 8.64. The van der Waals surface area contributed by atoms with Gasteiger partial charge in [0.25, 0.3) is 0 Å². The van der Waals surface area contributed by atoms with E-state index < -0.39 is 0 Å². The fourth-order valence-corrected chi connectivity index (χ4v) is 1.89. The zero-order valence-corrected chi connectivity index (χ0v) is 11.0. The molecular weight excluding hydrogens is 194 g/mol. The van der Waals surface area contributed by atoms with Crippen LogP contribution in [0.3, 0.4) is 0 Å². The first-order chi connectivity index (χ1) is 7.50. The molecule has 0 aliphatic carbocycles. The van der Waals surface area contributed by atoms with Crippen molar-refractivity contribution in [3.05, 3.63) is 35.4 Å². The Hall–Kier alpha value is -0.820. The minimum Gasteiger partial charge on any atom is -0.328 e. The maximum atomic E-state index is 5.78. The van der Waals surface area contributed by atoms with Crippen LogP contribution in [0.4, 0.5) is 0 Å². The molecule has 2 N–H and O–H groups in total. The van der Waals surface area contributed by atoms with Crippen molar-refractivity contribution in [1.29, 1.82) is 0 Å². The highest BCUT2D eigenvalue weighted by molar-refractivity contribution is 5.26. The monoisotopic (exact) mass is 219 g/mol. The van der Waals surface area contributed by atoms with Crippen LogP contribution < -0.4 is 5.73 Å². The summed E-state index contributed by atoms with van der Waals surface area (Å²) in [5, 5.41) is 0. The molecule has 1 heteroatoms. The van der Waals surface area contributed by atoms with Crippen molar-refractivity contribution in [1.82, 2.24) is 0 Å². The van der Waals surface area contributed by atoms with E-state index >= 15 is 0 Å². The van der Waals surface area contributed by atoms with Crippen molar-refractivity contribution in [3.63, 3.8) is 0 Å². The first-order valence-electron chi connectivity index (χ1n) is 6.36. The van der Waals surface area contributed by atoms with E-state index in [9.17, 15) is 0 Å². The number of hydrogen-bond donors (Lipinski definition) is 1. The van der Waals surface area contributed by atoms with Crippen molar-refractivity contribution < 1.29 is 0 Å². The highest BCUT2D eigenvalue weighted by Gasteiger charge is 2.07. The van der Waals surface area contributed by atoms with Gasteiger partial charge in [0.2, 0.25) is 0 Å².